The molecule has 0 bridgehead atoms. The largest absolute Gasteiger partial charge is 0.420 e. The topological polar surface area (TPSA) is 86.1 Å². The van der Waals surface area contributed by atoms with Gasteiger partial charge in [0.05, 0.1) is 12.1 Å². The summed E-state index contributed by atoms with van der Waals surface area (Å²) in [6.07, 6.45) is 1.69. The predicted octanol–water partition coefficient (Wildman–Crippen LogP) is 1.38. The van der Waals surface area contributed by atoms with Crippen molar-refractivity contribution in [3.63, 3.8) is 0 Å². The van der Waals surface area contributed by atoms with Crippen LogP contribution in [0.4, 0.5) is 5.13 Å². The van der Waals surface area contributed by atoms with E-state index in [-0.39, 0.29) is 5.76 Å². The van der Waals surface area contributed by atoms with Crippen molar-refractivity contribution in [3.05, 3.63) is 45.9 Å². The fourth-order valence-electron chi connectivity index (χ4n) is 1.77. The number of fused-ring (bicyclic) bond motifs is 1. The molecule has 0 atom stereocenters. The van der Waals surface area contributed by atoms with Crippen LogP contribution in [0.2, 0.25) is 0 Å². The lowest BCUT2D eigenvalue weighted by molar-refractivity contribution is 0.518. The van der Waals surface area contributed by atoms with E-state index < -0.39 is 0 Å². The zero-order valence-electron chi connectivity index (χ0n) is 9.29. The smallest absolute Gasteiger partial charge is 0.408 e. The quantitative estimate of drug-likeness (QED) is 0.550. The molecule has 0 aliphatic carbocycles. The first-order valence-electron chi connectivity index (χ1n) is 5.27. The third kappa shape index (κ3) is 1.79. The highest BCUT2D eigenvalue weighted by molar-refractivity contribution is 7.15. The van der Waals surface area contributed by atoms with E-state index in [1.54, 1.807) is 16.8 Å². The van der Waals surface area contributed by atoms with Crippen molar-refractivity contribution < 1.29 is 4.42 Å². The number of hydrogen-bond acceptors (Lipinski definition) is 6. The van der Waals surface area contributed by atoms with E-state index in [4.69, 9.17) is 10.3 Å². The molecule has 0 spiro atoms. The van der Waals surface area contributed by atoms with Crippen molar-refractivity contribution >= 4 is 27.6 Å². The Hall–Kier alpha value is -2.12. The van der Waals surface area contributed by atoms with Crippen molar-refractivity contribution in [2.24, 2.45) is 5.84 Å². The number of aromatic nitrogens is 2. The molecule has 92 valence electrons. The number of nitrogens with zero attached hydrogens (tertiary/aromatic N) is 2. The lowest BCUT2D eigenvalue weighted by atomic mass is 10.3. The molecular formula is C11H10N4O2S. The van der Waals surface area contributed by atoms with E-state index in [1.807, 2.05) is 18.2 Å². The third-order valence-electron chi connectivity index (χ3n) is 2.56. The molecule has 0 fully saturated rings. The van der Waals surface area contributed by atoms with Crippen molar-refractivity contribution in [1.29, 1.82) is 0 Å². The zero-order valence-corrected chi connectivity index (χ0v) is 10.1. The fraction of sp³-hybridized carbons (Fsp3) is 0.0909. The molecule has 0 aliphatic heterocycles. The van der Waals surface area contributed by atoms with Gasteiger partial charge in [-0.25, -0.2) is 15.6 Å². The molecule has 3 N–H and O–H groups in total. The van der Waals surface area contributed by atoms with Gasteiger partial charge in [0, 0.05) is 11.1 Å². The van der Waals surface area contributed by atoms with Gasteiger partial charge in [-0.2, -0.15) is 0 Å². The molecule has 0 radical (unpaired) electrons. The van der Waals surface area contributed by atoms with Crippen LogP contribution < -0.4 is 17.0 Å². The van der Waals surface area contributed by atoms with Crippen molar-refractivity contribution in [1.82, 2.24) is 9.55 Å². The maximum atomic E-state index is 11.8. The molecule has 0 saturated carbocycles. The second kappa shape index (κ2) is 4.28. The van der Waals surface area contributed by atoms with Gasteiger partial charge in [-0.1, -0.05) is 23.5 Å². The number of rotatable bonds is 3. The molecule has 0 saturated heterocycles. The molecule has 0 amide bonds. The number of oxazole rings is 1. The summed E-state index contributed by atoms with van der Waals surface area (Å²) in [7, 11) is 0. The second-order valence-electron chi connectivity index (χ2n) is 3.70. The number of nitrogens with one attached hydrogen (secondary N) is 1. The van der Waals surface area contributed by atoms with Gasteiger partial charge in [0.1, 0.15) is 0 Å². The van der Waals surface area contributed by atoms with Gasteiger partial charge in [-0.05, 0) is 12.1 Å². The number of para-hydroxylation sites is 2. The van der Waals surface area contributed by atoms with Crippen LogP contribution in [0.3, 0.4) is 0 Å². The molecule has 18 heavy (non-hydrogen) atoms. The number of nitrogen functional groups attached to an aromatic ring is 1. The van der Waals surface area contributed by atoms with Crippen LogP contribution >= 0.6 is 11.3 Å². The third-order valence-corrected chi connectivity index (χ3v) is 3.48. The highest BCUT2D eigenvalue weighted by Crippen LogP contribution is 2.19. The predicted molar refractivity (Wildman–Crippen MR) is 69.5 cm³/mol. The van der Waals surface area contributed by atoms with Gasteiger partial charge in [0.25, 0.3) is 0 Å². The number of benzene rings is 1. The van der Waals surface area contributed by atoms with E-state index >= 15 is 0 Å². The molecule has 2 aromatic heterocycles. The minimum Gasteiger partial charge on any atom is -0.408 e. The summed E-state index contributed by atoms with van der Waals surface area (Å²) >= 11 is 1.40. The number of hydrazine groups is 1. The summed E-state index contributed by atoms with van der Waals surface area (Å²) in [5.41, 5.74) is 3.84. The van der Waals surface area contributed by atoms with Crippen LogP contribution in [0, 0.1) is 0 Å². The fourth-order valence-corrected chi connectivity index (χ4v) is 2.48. The van der Waals surface area contributed by atoms with E-state index in [1.165, 1.54) is 11.3 Å². The van der Waals surface area contributed by atoms with Gasteiger partial charge in [-0.15, -0.1) is 0 Å². The minimum absolute atomic E-state index is 0.369. The Morgan fingerprint density at radius 3 is 3.06 bits per heavy atom. The zero-order chi connectivity index (χ0) is 12.5. The molecule has 3 rings (SSSR count). The molecule has 3 aromatic rings. The van der Waals surface area contributed by atoms with Crippen molar-refractivity contribution in [3.8, 4) is 0 Å². The van der Waals surface area contributed by atoms with E-state index in [2.05, 4.69) is 10.4 Å². The summed E-state index contributed by atoms with van der Waals surface area (Å²) in [6.45, 7) is 0.426. The molecule has 7 heteroatoms. The van der Waals surface area contributed by atoms with Crippen LogP contribution in [0.1, 0.15) is 4.88 Å². The number of hydrogen-bond donors (Lipinski definition) is 2. The SMILES string of the molecule is NNc1ncc(Cn2c(=O)oc3ccccc32)s1. The first-order valence-corrected chi connectivity index (χ1v) is 6.09. The van der Waals surface area contributed by atoms with Crippen LogP contribution in [0.25, 0.3) is 11.1 Å². The average Bonchev–Trinajstić information content (AvgIpc) is 2.96. The summed E-state index contributed by atoms with van der Waals surface area (Å²) in [5.74, 6) is 4.90. The Balaban J connectivity index is 2.04. The first-order chi connectivity index (χ1) is 8.78. The molecule has 0 aliphatic rings. The van der Waals surface area contributed by atoms with Crippen LogP contribution in [-0.4, -0.2) is 9.55 Å². The number of thiazole rings is 1. The van der Waals surface area contributed by atoms with Gasteiger partial charge in [0.15, 0.2) is 10.7 Å². The highest BCUT2D eigenvalue weighted by Gasteiger charge is 2.10. The Kier molecular flexibility index (Phi) is 2.62. The highest BCUT2D eigenvalue weighted by atomic mass is 32.1. The maximum absolute atomic E-state index is 11.8. The summed E-state index contributed by atoms with van der Waals surface area (Å²) < 4.78 is 6.73. The van der Waals surface area contributed by atoms with E-state index in [0.29, 0.717) is 17.3 Å². The maximum Gasteiger partial charge on any atom is 0.420 e. The van der Waals surface area contributed by atoms with Crippen molar-refractivity contribution in [2.45, 2.75) is 6.54 Å². The Bertz CT molecular complexity index is 743. The van der Waals surface area contributed by atoms with Gasteiger partial charge >= 0.3 is 5.76 Å². The number of anilines is 1. The summed E-state index contributed by atoms with van der Waals surface area (Å²) in [5, 5.41) is 0.617. The Labute approximate surface area is 106 Å². The molecule has 2 heterocycles. The summed E-state index contributed by atoms with van der Waals surface area (Å²) in [4.78, 5) is 16.7. The van der Waals surface area contributed by atoms with Gasteiger partial charge in [-0.3, -0.25) is 9.99 Å². The standard InChI is InChI=1S/C11H10N4O2S/c12-14-10-13-5-7(18-10)6-15-8-3-1-2-4-9(8)17-11(15)16/h1-5H,6,12H2,(H,13,14). The van der Waals surface area contributed by atoms with Gasteiger partial charge < -0.3 is 4.42 Å². The van der Waals surface area contributed by atoms with Crippen molar-refractivity contribution in [2.75, 3.05) is 5.43 Å². The number of nitrogens with two attached hydrogens (primary N) is 1. The minimum atomic E-state index is -0.369. The van der Waals surface area contributed by atoms with E-state index in [0.717, 1.165) is 10.4 Å². The van der Waals surface area contributed by atoms with E-state index in [9.17, 15) is 4.79 Å². The van der Waals surface area contributed by atoms with Crippen LogP contribution in [0.5, 0.6) is 0 Å². The normalized spacial score (nSPS) is 10.9. The average molecular weight is 262 g/mol. The Morgan fingerprint density at radius 1 is 1.44 bits per heavy atom. The van der Waals surface area contributed by atoms with Gasteiger partial charge in [0.2, 0.25) is 0 Å². The molecule has 1 aromatic carbocycles. The monoisotopic (exact) mass is 262 g/mol. The Morgan fingerprint density at radius 2 is 2.28 bits per heavy atom. The summed E-state index contributed by atoms with van der Waals surface area (Å²) in [6, 6.07) is 7.32. The second-order valence-corrected chi connectivity index (χ2v) is 4.81. The lowest BCUT2D eigenvalue weighted by Gasteiger charge is -1.98. The lowest BCUT2D eigenvalue weighted by Crippen LogP contribution is -2.14. The van der Waals surface area contributed by atoms with Crippen LogP contribution in [0.15, 0.2) is 39.7 Å². The molecular weight excluding hydrogens is 252 g/mol. The first kappa shape index (κ1) is 11.0. The molecule has 6 nitrogen and oxygen atoms in total. The van der Waals surface area contributed by atoms with Crippen LogP contribution in [-0.2, 0) is 6.54 Å². The molecule has 0 unspecified atom stereocenters.